The molecule has 0 spiro atoms. The zero-order valence-corrected chi connectivity index (χ0v) is 8.76. The highest BCUT2D eigenvalue weighted by Gasteiger charge is 2.17. The molecule has 0 unspecified atom stereocenters. The second-order valence-electron chi connectivity index (χ2n) is 2.62. The van der Waals surface area contributed by atoms with E-state index in [0.717, 1.165) is 6.20 Å². The summed E-state index contributed by atoms with van der Waals surface area (Å²) in [6.45, 7) is -0.405. The molecule has 0 bridgehead atoms. The van der Waals surface area contributed by atoms with Crippen LogP contribution in [0.15, 0.2) is 10.8 Å². The largest absolute Gasteiger partial charge is 0.392 e. The number of aliphatic hydroxyl groups is 1. The summed E-state index contributed by atoms with van der Waals surface area (Å²) in [6.07, 6.45) is -1.61. The van der Waals surface area contributed by atoms with Gasteiger partial charge >= 0.3 is 0 Å². The van der Waals surface area contributed by atoms with Crippen molar-refractivity contribution in [2.45, 2.75) is 19.6 Å². The van der Waals surface area contributed by atoms with Crippen LogP contribution in [0, 0.1) is 0 Å². The molecule has 0 amide bonds. The summed E-state index contributed by atoms with van der Waals surface area (Å²) in [6, 6.07) is 0. The molecule has 1 rings (SSSR count). The lowest BCUT2D eigenvalue weighted by Gasteiger charge is -2.11. The third kappa shape index (κ3) is 2.08. The summed E-state index contributed by atoms with van der Waals surface area (Å²) in [4.78, 5) is 3.73. The number of halogens is 3. The van der Waals surface area contributed by atoms with E-state index in [0.29, 0.717) is 10.2 Å². The summed E-state index contributed by atoms with van der Waals surface area (Å²) in [7, 11) is 0. The van der Waals surface area contributed by atoms with Crippen molar-refractivity contribution in [3.05, 3.63) is 27.5 Å². The Hall–Kier alpha value is -0.590. The van der Waals surface area contributed by atoms with Crippen LogP contribution in [0.25, 0.3) is 0 Å². The first-order chi connectivity index (χ1) is 6.61. The van der Waals surface area contributed by atoms with Crippen LogP contribution in [0.1, 0.15) is 23.1 Å². The van der Waals surface area contributed by atoms with Crippen LogP contribution in [0.5, 0.6) is 0 Å². The minimum atomic E-state index is -2.65. The van der Waals surface area contributed by atoms with Gasteiger partial charge in [-0.2, -0.15) is 0 Å². The van der Waals surface area contributed by atoms with Crippen molar-refractivity contribution in [3.8, 4) is 0 Å². The molecule has 0 saturated heterocycles. The van der Waals surface area contributed by atoms with Crippen LogP contribution in [-0.2, 0) is 13.2 Å². The Morgan fingerprint density at radius 2 is 2.14 bits per heavy atom. The van der Waals surface area contributed by atoms with Crippen molar-refractivity contribution < 1.29 is 13.9 Å². The van der Waals surface area contributed by atoms with Crippen LogP contribution in [0.3, 0.4) is 0 Å². The molecule has 0 atom stereocenters. The van der Waals surface area contributed by atoms with E-state index >= 15 is 0 Å². The molecule has 6 heteroatoms. The van der Waals surface area contributed by atoms with Gasteiger partial charge in [0, 0.05) is 23.9 Å². The Morgan fingerprint density at radius 3 is 2.57 bits per heavy atom. The van der Waals surface area contributed by atoms with E-state index in [9.17, 15) is 8.78 Å². The van der Waals surface area contributed by atoms with Gasteiger partial charge in [-0.3, -0.25) is 0 Å². The lowest BCUT2D eigenvalue weighted by Crippen LogP contribution is -2.08. The second kappa shape index (κ2) is 4.77. The maximum atomic E-state index is 12.5. The van der Waals surface area contributed by atoms with Gasteiger partial charge in [0.1, 0.15) is 4.60 Å². The second-order valence-corrected chi connectivity index (χ2v) is 3.38. The zero-order valence-electron chi connectivity index (χ0n) is 7.17. The molecular formula is C8H9BrF2N2O. The summed E-state index contributed by atoms with van der Waals surface area (Å²) < 4.78 is 25.3. The Kier molecular flexibility index (Phi) is 3.91. The SMILES string of the molecule is NCc1c(Br)ncc(C(F)F)c1CO. The van der Waals surface area contributed by atoms with Gasteiger partial charge in [0.25, 0.3) is 6.43 Å². The predicted octanol–water partition coefficient (Wildman–Crippen LogP) is 1.73. The quantitative estimate of drug-likeness (QED) is 0.820. The minimum Gasteiger partial charge on any atom is -0.392 e. The number of alkyl halides is 2. The third-order valence-corrected chi connectivity index (χ3v) is 2.56. The molecule has 1 aromatic rings. The number of rotatable bonds is 3. The molecule has 0 aromatic carbocycles. The van der Waals surface area contributed by atoms with E-state index in [1.54, 1.807) is 0 Å². The van der Waals surface area contributed by atoms with Crippen molar-refractivity contribution in [2.75, 3.05) is 0 Å². The molecule has 0 saturated carbocycles. The van der Waals surface area contributed by atoms with E-state index < -0.39 is 13.0 Å². The van der Waals surface area contributed by atoms with Crippen molar-refractivity contribution >= 4 is 15.9 Å². The number of aliphatic hydroxyl groups excluding tert-OH is 1. The van der Waals surface area contributed by atoms with Gasteiger partial charge in [0.15, 0.2) is 0 Å². The van der Waals surface area contributed by atoms with Crippen molar-refractivity contribution in [2.24, 2.45) is 5.73 Å². The van der Waals surface area contributed by atoms with Crippen LogP contribution in [0.4, 0.5) is 8.78 Å². The number of aromatic nitrogens is 1. The van der Waals surface area contributed by atoms with E-state index in [4.69, 9.17) is 10.8 Å². The number of hydrogen-bond acceptors (Lipinski definition) is 3. The van der Waals surface area contributed by atoms with Crippen LogP contribution >= 0.6 is 15.9 Å². The molecule has 3 nitrogen and oxygen atoms in total. The van der Waals surface area contributed by atoms with Gasteiger partial charge < -0.3 is 10.8 Å². The first-order valence-electron chi connectivity index (χ1n) is 3.87. The standard InChI is InChI=1S/C8H9BrF2N2O/c9-7-4(1-12)6(3-14)5(2-13-7)8(10)11/h2,8,14H,1,3,12H2. The third-order valence-electron chi connectivity index (χ3n) is 1.88. The monoisotopic (exact) mass is 266 g/mol. The summed E-state index contributed by atoms with van der Waals surface area (Å²) in [5, 5.41) is 8.97. The molecule has 0 aliphatic carbocycles. The molecule has 1 aromatic heterocycles. The number of pyridine rings is 1. The van der Waals surface area contributed by atoms with E-state index in [1.807, 2.05) is 0 Å². The van der Waals surface area contributed by atoms with E-state index in [-0.39, 0.29) is 17.7 Å². The van der Waals surface area contributed by atoms with Gasteiger partial charge in [0.2, 0.25) is 0 Å². The van der Waals surface area contributed by atoms with E-state index in [2.05, 4.69) is 20.9 Å². The lowest BCUT2D eigenvalue weighted by molar-refractivity contribution is 0.146. The fraction of sp³-hybridized carbons (Fsp3) is 0.375. The smallest absolute Gasteiger partial charge is 0.265 e. The van der Waals surface area contributed by atoms with E-state index in [1.165, 1.54) is 0 Å². The predicted molar refractivity (Wildman–Crippen MR) is 50.7 cm³/mol. The van der Waals surface area contributed by atoms with Crippen LogP contribution in [0.2, 0.25) is 0 Å². The fourth-order valence-electron chi connectivity index (χ4n) is 1.16. The summed E-state index contributed by atoms with van der Waals surface area (Å²) in [5.74, 6) is 0. The van der Waals surface area contributed by atoms with Crippen molar-refractivity contribution in [1.29, 1.82) is 0 Å². The fourth-order valence-corrected chi connectivity index (χ4v) is 1.67. The maximum Gasteiger partial charge on any atom is 0.265 e. The average Bonchev–Trinajstić information content (AvgIpc) is 2.16. The van der Waals surface area contributed by atoms with Gasteiger partial charge in [-0.05, 0) is 21.5 Å². The summed E-state index contributed by atoms with van der Waals surface area (Å²) in [5.41, 5.74) is 5.68. The molecule has 14 heavy (non-hydrogen) atoms. The summed E-state index contributed by atoms with van der Waals surface area (Å²) >= 11 is 3.08. The molecule has 0 aliphatic heterocycles. The van der Waals surface area contributed by atoms with Gasteiger partial charge in [-0.25, -0.2) is 13.8 Å². The van der Waals surface area contributed by atoms with Gasteiger partial charge in [0.05, 0.1) is 6.61 Å². The Bertz CT molecular complexity index is 333. The molecule has 0 fully saturated rings. The molecule has 78 valence electrons. The Balaban J connectivity index is 3.33. The zero-order chi connectivity index (χ0) is 10.7. The normalized spacial score (nSPS) is 11.0. The average molecular weight is 267 g/mol. The lowest BCUT2D eigenvalue weighted by atomic mass is 10.1. The van der Waals surface area contributed by atoms with Gasteiger partial charge in [-0.15, -0.1) is 0 Å². The number of nitrogens with zero attached hydrogens (tertiary/aromatic N) is 1. The molecule has 0 aliphatic rings. The number of hydrogen-bond donors (Lipinski definition) is 2. The first kappa shape index (κ1) is 11.5. The Morgan fingerprint density at radius 1 is 1.50 bits per heavy atom. The van der Waals surface area contributed by atoms with Crippen LogP contribution in [-0.4, -0.2) is 10.1 Å². The van der Waals surface area contributed by atoms with Crippen molar-refractivity contribution in [3.63, 3.8) is 0 Å². The first-order valence-corrected chi connectivity index (χ1v) is 4.66. The molecule has 1 heterocycles. The number of nitrogens with two attached hydrogens (primary N) is 1. The highest BCUT2D eigenvalue weighted by molar-refractivity contribution is 9.10. The van der Waals surface area contributed by atoms with Crippen molar-refractivity contribution in [1.82, 2.24) is 4.98 Å². The topological polar surface area (TPSA) is 59.1 Å². The minimum absolute atomic E-state index is 0.0596. The highest BCUT2D eigenvalue weighted by atomic mass is 79.9. The molecule has 3 N–H and O–H groups in total. The van der Waals surface area contributed by atoms with Crippen LogP contribution < -0.4 is 5.73 Å². The highest BCUT2D eigenvalue weighted by Crippen LogP contribution is 2.28. The Labute approximate surface area is 88.1 Å². The maximum absolute atomic E-state index is 12.5. The molecule has 0 radical (unpaired) electrons. The molecular weight excluding hydrogens is 258 g/mol. The van der Waals surface area contributed by atoms with Gasteiger partial charge in [-0.1, -0.05) is 0 Å².